The Bertz CT molecular complexity index is 814. The standard InChI is InChI=1S/C29H45FN2O4/c1-2-3-4-5-6-7-8-9-10-13-20-36-21-14-19-31-28(34)23-17-18-25(30)26(22-23)32-29(35)24-15-11-12-16-27(24)33/h17-18,22,24H,2-16,19-21H2,1H3,(H,31,34)(H,32,35). The smallest absolute Gasteiger partial charge is 0.251 e. The van der Waals surface area contributed by atoms with E-state index in [0.717, 1.165) is 31.9 Å². The van der Waals surface area contributed by atoms with Crippen molar-refractivity contribution in [1.29, 1.82) is 0 Å². The van der Waals surface area contributed by atoms with Crippen molar-refractivity contribution in [2.24, 2.45) is 5.92 Å². The summed E-state index contributed by atoms with van der Waals surface area (Å²) in [5.74, 6) is -2.33. The Morgan fingerprint density at radius 2 is 1.61 bits per heavy atom. The third kappa shape index (κ3) is 11.6. The largest absolute Gasteiger partial charge is 0.381 e. The second-order valence-electron chi connectivity index (χ2n) is 9.85. The van der Waals surface area contributed by atoms with Gasteiger partial charge in [0.2, 0.25) is 5.91 Å². The van der Waals surface area contributed by atoms with Crippen molar-refractivity contribution in [3.63, 3.8) is 0 Å². The highest BCUT2D eigenvalue weighted by Gasteiger charge is 2.29. The first-order valence-corrected chi connectivity index (χ1v) is 14.0. The lowest BCUT2D eigenvalue weighted by Crippen LogP contribution is -2.32. The quantitative estimate of drug-likeness (QED) is 0.175. The average molecular weight is 505 g/mol. The summed E-state index contributed by atoms with van der Waals surface area (Å²) in [6, 6.07) is 3.86. The van der Waals surface area contributed by atoms with Crippen molar-refractivity contribution >= 4 is 23.3 Å². The van der Waals surface area contributed by atoms with Gasteiger partial charge in [-0.2, -0.15) is 0 Å². The van der Waals surface area contributed by atoms with Crippen LogP contribution >= 0.6 is 0 Å². The first kappa shape index (κ1) is 29.9. The lowest BCUT2D eigenvalue weighted by molar-refractivity contribution is -0.132. The van der Waals surface area contributed by atoms with E-state index in [1.165, 1.54) is 69.9 Å². The van der Waals surface area contributed by atoms with Crippen molar-refractivity contribution in [2.75, 3.05) is 25.1 Å². The van der Waals surface area contributed by atoms with Gasteiger partial charge in [0.15, 0.2) is 0 Å². The zero-order valence-electron chi connectivity index (χ0n) is 22.0. The molecule has 0 spiro atoms. The van der Waals surface area contributed by atoms with E-state index in [-0.39, 0.29) is 22.9 Å². The molecule has 202 valence electrons. The Morgan fingerprint density at radius 1 is 0.944 bits per heavy atom. The maximum absolute atomic E-state index is 14.2. The van der Waals surface area contributed by atoms with Gasteiger partial charge in [0, 0.05) is 31.7 Å². The van der Waals surface area contributed by atoms with E-state index in [4.69, 9.17) is 4.74 Å². The van der Waals surface area contributed by atoms with Gasteiger partial charge < -0.3 is 15.4 Å². The van der Waals surface area contributed by atoms with E-state index >= 15 is 0 Å². The van der Waals surface area contributed by atoms with Crippen LogP contribution in [0.3, 0.4) is 0 Å². The van der Waals surface area contributed by atoms with Gasteiger partial charge in [0.05, 0.1) is 11.6 Å². The second-order valence-corrected chi connectivity index (χ2v) is 9.85. The summed E-state index contributed by atoms with van der Waals surface area (Å²) in [5.41, 5.74) is 0.179. The van der Waals surface area contributed by atoms with Gasteiger partial charge in [-0.25, -0.2) is 4.39 Å². The topological polar surface area (TPSA) is 84.5 Å². The molecule has 0 radical (unpaired) electrons. The lowest BCUT2D eigenvalue weighted by atomic mass is 9.87. The fraction of sp³-hybridized carbons (Fsp3) is 0.690. The average Bonchev–Trinajstić information content (AvgIpc) is 2.87. The first-order chi connectivity index (χ1) is 17.5. The molecule has 0 heterocycles. The summed E-state index contributed by atoms with van der Waals surface area (Å²) in [7, 11) is 0. The Kier molecular flexibility index (Phi) is 15.0. The lowest BCUT2D eigenvalue weighted by Gasteiger charge is -2.20. The van der Waals surface area contributed by atoms with Crippen molar-refractivity contribution in [1.82, 2.24) is 5.32 Å². The number of halogens is 1. The Hall–Kier alpha value is -2.28. The molecule has 0 aliphatic heterocycles. The third-order valence-corrected chi connectivity index (χ3v) is 6.75. The monoisotopic (exact) mass is 504 g/mol. The molecule has 1 aliphatic carbocycles. The van der Waals surface area contributed by atoms with E-state index in [2.05, 4.69) is 17.6 Å². The van der Waals surface area contributed by atoms with E-state index < -0.39 is 17.6 Å². The zero-order chi connectivity index (χ0) is 26.0. The summed E-state index contributed by atoms with van der Waals surface area (Å²) >= 11 is 0. The first-order valence-electron chi connectivity index (χ1n) is 14.0. The Labute approximate surface area is 216 Å². The number of nitrogens with one attached hydrogen (secondary N) is 2. The van der Waals surface area contributed by atoms with Crippen LogP contribution in [0.15, 0.2) is 18.2 Å². The van der Waals surface area contributed by atoms with Crippen LogP contribution in [0.2, 0.25) is 0 Å². The number of ether oxygens (including phenoxy) is 1. The van der Waals surface area contributed by atoms with Crippen molar-refractivity contribution < 1.29 is 23.5 Å². The van der Waals surface area contributed by atoms with Gasteiger partial charge in [0.25, 0.3) is 5.91 Å². The van der Waals surface area contributed by atoms with E-state index in [9.17, 15) is 18.8 Å². The molecule has 2 amide bonds. The van der Waals surface area contributed by atoms with Gasteiger partial charge in [-0.05, 0) is 43.9 Å². The second kappa shape index (κ2) is 18.0. The number of anilines is 1. The molecule has 0 aromatic heterocycles. The van der Waals surface area contributed by atoms with E-state index in [1.54, 1.807) is 0 Å². The maximum Gasteiger partial charge on any atom is 0.251 e. The number of amides is 2. The summed E-state index contributed by atoms with van der Waals surface area (Å²) in [4.78, 5) is 36.8. The molecule has 0 saturated heterocycles. The molecule has 1 aromatic carbocycles. The van der Waals surface area contributed by atoms with Crippen LogP contribution in [0, 0.1) is 11.7 Å². The Morgan fingerprint density at radius 3 is 2.31 bits per heavy atom. The van der Waals surface area contributed by atoms with Crippen LogP contribution in [0.1, 0.15) is 114 Å². The normalized spacial score (nSPS) is 15.6. The van der Waals surface area contributed by atoms with Crippen molar-refractivity contribution in [2.45, 2.75) is 103 Å². The number of ketones is 1. The highest BCUT2D eigenvalue weighted by molar-refractivity contribution is 6.08. The predicted octanol–water partition coefficient (Wildman–Crippen LogP) is 6.58. The molecule has 1 unspecified atom stereocenters. The molecule has 1 aromatic rings. The number of hydrogen-bond acceptors (Lipinski definition) is 4. The van der Waals surface area contributed by atoms with E-state index in [0.29, 0.717) is 32.4 Å². The minimum absolute atomic E-state index is 0.0779. The molecule has 1 aliphatic rings. The number of Topliss-reactive ketones (excluding diaryl/α,β-unsaturated/α-hetero) is 1. The molecule has 1 saturated carbocycles. The summed E-state index contributed by atoms with van der Waals surface area (Å²) in [6.07, 6.45) is 16.1. The molecule has 1 fully saturated rings. The number of benzene rings is 1. The number of carbonyl (C=O) groups is 3. The van der Waals surface area contributed by atoms with Gasteiger partial charge >= 0.3 is 0 Å². The summed E-state index contributed by atoms with van der Waals surface area (Å²) in [6.45, 7) is 4.02. The number of carbonyl (C=O) groups excluding carboxylic acids is 3. The van der Waals surface area contributed by atoms with Crippen LogP contribution in [-0.2, 0) is 14.3 Å². The van der Waals surface area contributed by atoms with Crippen LogP contribution < -0.4 is 10.6 Å². The highest BCUT2D eigenvalue weighted by Crippen LogP contribution is 2.23. The van der Waals surface area contributed by atoms with Crippen LogP contribution in [0.5, 0.6) is 0 Å². The van der Waals surface area contributed by atoms with Crippen molar-refractivity contribution in [3.8, 4) is 0 Å². The maximum atomic E-state index is 14.2. The number of rotatable bonds is 18. The third-order valence-electron chi connectivity index (χ3n) is 6.75. The minimum atomic E-state index is -0.740. The number of hydrogen-bond donors (Lipinski definition) is 2. The molecule has 2 rings (SSSR count). The Balaban J connectivity index is 1.56. The highest BCUT2D eigenvalue weighted by atomic mass is 19.1. The van der Waals surface area contributed by atoms with Gasteiger partial charge in [0.1, 0.15) is 11.6 Å². The van der Waals surface area contributed by atoms with Gasteiger partial charge in [-0.15, -0.1) is 0 Å². The van der Waals surface area contributed by atoms with Crippen LogP contribution in [0.25, 0.3) is 0 Å². The molecule has 6 nitrogen and oxygen atoms in total. The molecular formula is C29H45FN2O4. The summed E-state index contributed by atoms with van der Waals surface area (Å²) < 4.78 is 19.9. The minimum Gasteiger partial charge on any atom is -0.381 e. The van der Waals surface area contributed by atoms with Crippen LogP contribution in [0.4, 0.5) is 10.1 Å². The van der Waals surface area contributed by atoms with Crippen molar-refractivity contribution in [3.05, 3.63) is 29.6 Å². The molecule has 1 atom stereocenters. The van der Waals surface area contributed by atoms with Crippen LogP contribution in [-0.4, -0.2) is 37.4 Å². The van der Waals surface area contributed by atoms with E-state index in [1.807, 2.05) is 0 Å². The molecular weight excluding hydrogens is 459 g/mol. The summed E-state index contributed by atoms with van der Waals surface area (Å²) in [5, 5.41) is 5.30. The predicted molar refractivity (Wildman–Crippen MR) is 142 cm³/mol. The molecule has 7 heteroatoms. The number of unbranched alkanes of at least 4 members (excludes halogenated alkanes) is 9. The molecule has 2 N–H and O–H groups in total. The van der Waals surface area contributed by atoms with Gasteiger partial charge in [-0.1, -0.05) is 71.1 Å². The fourth-order valence-corrected chi connectivity index (χ4v) is 4.51. The molecule has 36 heavy (non-hydrogen) atoms. The fourth-order valence-electron chi connectivity index (χ4n) is 4.51. The SMILES string of the molecule is CCCCCCCCCCCCOCCCNC(=O)c1ccc(F)c(NC(=O)C2CCCCC2=O)c1. The molecule has 0 bridgehead atoms. The van der Waals surface area contributed by atoms with Gasteiger partial charge in [-0.3, -0.25) is 14.4 Å². The zero-order valence-corrected chi connectivity index (χ0v) is 22.0.